The molecule has 1 heterocycles. The Balaban J connectivity index is 2.08. The van der Waals surface area contributed by atoms with Crippen molar-refractivity contribution in [2.45, 2.75) is 76.1 Å². The molecule has 0 unspecified atom stereocenters. The molecule has 0 saturated carbocycles. The van der Waals surface area contributed by atoms with Gasteiger partial charge < -0.3 is 46.4 Å². The zero-order valence-corrected chi connectivity index (χ0v) is 21.0. The van der Waals surface area contributed by atoms with Gasteiger partial charge in [0.25, 0.3) is 0 Å². The van der Waals surface area contributed by atoms with E-state index in [4.69, 9.17) is 0 Å². The van der Waals surface area contributed by atoms with Crippen LogP contribution >= 0.6 is 0 Å². The Bertz CT molecular complexity index is 962. The molecule has 13 nitrogen and oxygen atoms in total. The number of benzene rings is 1. The van der Waals surface area contributed by atoms with Crippen LogP contribution in [0.3, 0.4) is 0 Å². The lowest BCUT2D eigenvalue weighted by Crippen LogP contribution is -2.62. The minimum absolute atomic E-state index is 0.00448. The summed E-state index contributed by atoms with van der Waals surface area (Å²) in [5.74, 6) is -5.21. The van der Waals surface area contributed by atoms with Crippen molar-refractivity contribution in [3.63, 3.8) is 0 Å². The second-order valence-corrected chi connectivity index (χ2v) is 9.37. The van der Waals surface area contributed by atoms with E-state index in [1.165, 1.54) is 43.0 Å². The second-order valence-electron chi connectivity index (χ2n) is 9.37. The fourth-order valence-corrected chi connectivity index (χ4v) is 4.05. The summed E-state index contributed by atoms with van der Waals surface area (Å²) in [6.45, 7) is 3.17. The van der Waals surface area contributed by atoms with Gasteiger partial charge in [-0.2, -0.15) is 0 Å². The average Bonchev–Trinajstić information content (AvgIpc) is 3.31. The van der Waals surface area contributed by atoms with Crippen LogP contribution in [0.2, 0.25) is 0 Å². The first-order chi connectivity index (χ1) is 17.2. The van der Waals surface area contributed by atoms with E-state index in [0.29, 0.717) is 24.9 Å². The molecule has 8 N–H and O–H groups in total. The number of amides is 4. The van der Waals surface area contributed by atoms with Gasteiger partial charge in [0.15, 0.2) is 5.79 Å². The number of rotatable bonds is 11. The first-order valence-electron chi connectivity index (χ1n) is 11.9. The van der Waals surface area contributed by atoms with Crippen molar-refractivity contribution < 1.29 is 44.7 Å². The van der Waals surface area contributed by atoms with E-state index in [2.05, 4.69) is 16.0 Å². The molecule has 0 aromatic heterocycles. The summed E-state index contributed by atoms with van der Waals surface area (Å²) in [6, 6.07) is 0.746. The third kappa shape index (κ3) is 8.39. The number of carbonyl (C=O) groups excluding carboxylic acids is 4. The maximum atomic E-state index is 12.8. The zero-order valence-electron chi connectivity index (χ0n) is 21.0. The van der Waals surface area contributed by atoms with Crippen LogP contribution in [-0.4, -0.2) is 103 Å². The van der Waals surface area contributed by atoms with Gasteiger partial charge in [-0.05, 0) is 50.8 Å². The van der Waals surface area contributed by atoms with Crippen LogP contribution in [0.4, 0.5) is 0 Å². The number of aliphatic hydroxyl groups is 4. The minimum Gasteiger partial charge on any atom is -0.508 e. The highest BCUT2D eigenvalue weighted by Gasteiger charge is 2.37. The largest absolute Gasteiger partial charge is 0.508 e. The fraction of sp³-hybridized carbons (Fsp3) is 0.583. The Labute approximate surface area is 214 Å². The second kappa shape index (κ2) is 12.8. The van der Waals surface area contributed by atoms with Gasteiger partial charge >= 0.3 is 0 Å². The average molecular weight is 525 g/mol. The van der Waals surface area contributed by atoms with Crippen molar-refractivity contribution in [2.24, 2.45) is 0 Å². The van der Waals surface area contributed by atoms with Crippen molar-refractivity contribution >= 4 is 23.6 Å². The Morgan fingerprint density at radius 1 is 1.08 bits per heavy atom. The number of nitrogens with zero attached hydrogens (tertiary/aromatic N) is 1. The molecular formula is C24H36N4O9. The molecule has 1 aromatic rings. The van der Waals surface area contributed by atoms with Crippen molar-refractivity contribution in [3.8, 4) is 5.75 Å². The number of likely N-dealkylation sites (tertiary alicyclic amines) is 1. The molecule has 1 fully saturated rings. The number of hydrogen-bond donors (Lipinski definition) is 8. The van der Waals surface area contributed by atoms with Crippen molar-refractivity contribution in [1.82, 2.24) is 20.9 Å². The van der Waals surface area contributed by atoms with E-state index >= 15 is 0 Å². The number of aliphatic hydroxyl groups excluding tert-OH is 2. The lowest BCUT2D eigenvalue weighted by molar-refractivity contribution is -0.172. The minimum atomic E-state index is -2.38. The number of carbonyl (C=O) groups is 4. The first-order valence-corrected chi connectivity index (χ1v) is 11.9. The van der Waals surface area contributed by atoms with Gasteiger partial charge in [-0.25, -0.2) is 0 Å². The monoisotopic (exact) mass is 524 g/mol. The fourth-order valence-electron chi connectivity index (χ4n) is 4.05. The summed E-state index contributed by atoms with van der Waals surface area (Å²) in [5, 5.41) is 56.6. The predicted molar refractivity (Wildman–Crippen MR) is 130 cm³/mol. The Hall–Kier alpha value is -3.26. The molecule has 1 aromatic carbocycles. The van der Waals surface area contributed by atoms with E-state index in [0.717, 1.165) is 6.92 Å². The van der Waals surface area contributed by atoms with E-state index in [-0.39, 0.29) is 18.1 Å². The van der Waals surface area contributed by atoms with Crippen LogP contribution in [0.1, 0.15) is 39.2 Å². The van der Waals surface area contributed by atoms with E-state index in [1.807, 2.05) is 0 Å². The molecule has 4 amide bonds. The van der Waals surface area contributed by atoms with Gasteiger partial charge in [0.05, 0.1) is 18.8 Å². The number of hydrogen-bond acceptors (Lipinski definition) is 9. The molecule has 1 aliphatic rings. The summed E-state index contributed by atoms with van der Waals surface area (Å²) in [7, 11) is 0. The third-order valence-electron chi connectivity index (χ3n) is 6.19. The molecule has 2 rings (SSSR count). The van der Waals surface area contributed by atoms with Crippen LogP contribution in [0, 0.1) is 0 Å². The summed E-state index contributed by atoms with van der Waals surface area (Å²) in [5.41, 5.74) is 0.561. The summed E-state index contributed by atoms with van der Waals surface area (Å²) < 4.78 is 0. The molecule has 13 heteroatoms. The highest BCUT2D eigenvalue weighted by Crippen LogP contribution is 2.18. The SMILES string of the molecule is CC(=O)N1CCC[C@H]1C(=O)N[C@H](C(=O)N[C@@H](CO)C(=O)N[C@@H](Cc1ccc(O)cc1)C(C)(O)O)[C@@H](C)O. The lowest BCUT2D eigenvalue weighted by atomic mass is 9.99. The molecule has 1 saturated heterocycles. The highest BCUT2D eigenvalue weighted by molar-refractivity contribution is 5.94. The normalized spacial score (nSPS) is 18.9. The maximum absolute atomic E-state index is 12.8. The van der Waals surface area contributed by atoms with Crippen LogP contribution in [0.15, 0.2) is 24.3 Å². The maximum Gasteiger partial charge on any atom is 0.245 e. The summed E-state index contributed by atoms with van der Waals surface area (Å²) in [6.07, 6.45) is -0.429. The van der Waals surface area contributed by atoms with E-state index < -0.39 is 60.4 Å². The lowest BCUT2D eigenvalue weighted by Gasteiger charge is -2.31. The van der Waals surface area contributed by atoms with Gasteiger partial charge in [-0.15, -0.1) is 0 Å². The van der Waals surface area contributed by atoms with E-state index in [1.54, 1.807) is 0 Å². The van der Waals surface area contributed by atoms with Crippen molar-refractivity contribution in [2.75, 3.05) is 13.2 Å². The van der Waals surface area contributed by atoms with Crippen molar-refractivity contribution in [3.05, 3.63) is 29.8 Å². The van der Waals surface area contributed by atoms with Crippen molar-refractivity contribution in [1.29, 1.82) is 0 Å². The molecule has 37 heavy (non-hydrogen) atoms. The van der Waals surface area contributed by atoms with Crippen LogP contribution in [0.25, 0.3) is 0 Å². The number of nitrogens with one attached hydrogen (secondary N) is 3. The zero-order chi connectivity index (χ0) is 27.9. The molecule has 5 atom stereocenters. The topological polar surface area (TPSA) is 209 Å². The number of phenolic OH excluding ortho intramolecular Hbond substituents is 1. The summed E-state index contributed by atoms with van der Waals surface area (Å²) >= 11 is 0. The Morgan fingerprint density at radius 3 is 2.22 bits per heavy atom. The standard InChI is InChI=1S/C24H36N4O9/c1-13(30)20(27-22(34)18-5-4-10-28(18)14(2)31)23(35)25-17(12-29)21(33)26-19(24(3,36)37)11-15-6-8-16(32)9-7-15/h6-9,13,17-20,29-30,32,36-37H,4-5,10-12H2,1-3H3,(H,25,35)(H,26,33)(H,27,34)/t13-,17+,18+,19+,20+/m1/s1. The molecule has 0 radical (unpaired) electrons. The van der Waals surface area contributed by atoms with E-state index in [9.17, 15) is 44.7 Å². The van der Waals surface area contributed by atoms with Gasteiger partial charge in [-0.1, -0.05) is 12.1 Å². The molecule has 0 spiro atoms. The predicted octanol–water partition coefficient (Wildman–Crippen LogP) is -2.53. The molecule has 206 valence electrons. The van der Waals surface area contributed by atoms with Gasteiger partial charge in [0, 0.05) is 13.5 Å². The Morgan fingerprint density at radius 2 is 1.70 bits per heavy atom. The molecule has 0 aliphatic carbocycles. The molecular weight excluding hydrogens is 488 g/mol. The van der Waals surface area contributed by atoms with Gasteiger partial charge in [0.1, 0.15) is 23.9 Å². The van der Waals surface area contributed by atoms with Crippen LogP contribution in [-0.2, 0) is 25.6 Å². The van der Waals surface area contributed by atoms with Crippen LogP contribution < -0.4 is 16.0 Å². The Kier molecular flexibility index (Phi) is 10.4. The first kappa shape index (κ1) is 30.0. The number of aromatic hydroxyl groups is 1. The third-order valence-corrected chi connectivity index (χ3v) is 6.19. The van der Waals surface area contributed by atoms with Gasteiger partial charge in [-0.3, -0.25) is 19.2 Å². The van der Waals surface area contributed by atoms with Crippen LogP contribution in [0.5, 0.6) is 5.75 Å². The summed E-state index contributed by atoms with van der Waals surface area (Å²) in [4.78, 5) is 51.5. The number of phenols is 1. The quantitative estimate of drug-likeness (QED) is 0.143. The highest BCUT2D eigenvalue weighted by atomic mass is 16.5. The van der Waals surface area contributed by atoms with Gasteiger partial charge in [0.2, 0.25) is 23.6 Å². The molecule has 1 aliphatic heterocycles. The smallest absolute Gasteiger partial charge is 0.245 e. The molecule has 0 bridgehead atoms.